The first-order valence-corrected chi connectivity index (χ1v) is 5.93. The lowest BCUT2D eigenvalue weighted by molar-refractivity contribution is -0.146. The van der Waals surface area contributed by atoms with Crippen molar-refractivity contribution in [2.24, 2.45) is 0 Å². The second-order valence-corrected chi connectivity index (χ2v) is 3.62. The Hall–Kier alpha value is -2.31. The lowest BCUT2D eigenvalue weighted by Crippen LogP contribution is -2.42. The van der Waals surface area contributed by atoms with E-state index in [1.54, 1.807) is 0 Å². The summed E-state index contributed by atoms with van der Waals surface area (Å²) in [6, 6.07) is -0.987. The minimum absolute atomic E-state index is 0.0130. The van der Waals surface area contributed by atoms with Crippen LogP contribution in [0.4, 0.5) is 4.79 Å². The van der Waals surface area contributed by atoms with Gasteiger partial charge in [0.2, 0.25) is 0 Å². The molecule has 0 aromatic heterocycles. The Balaban J connectivity index is 4.40. The first-order valence-electron chi connectivity index (χ1n) is 5.93. The van der Waals surface area contributed by atoms with Crippen LogP contribution in [0.1, 0.15) is 12.8 Å². The SMILES string of the molecule is C=CCOC(=O)CC[C@H](NC(=O)OC)C(=O)OCC=C. The van der Waals surface area contributed by atoms with Gasteiger partial charge in [-0.3, -0.25) is 4.79 Å². The summed E-state index contributed by atoms with van der Waals surface area (Å²) in [6.07, 6.45) is 2.03. The van der Waals surface area contributed by atoms with Gasteiger partial charge in [-0.05, 0) is 6.42 Å². The number of esters is 2. The maximum atomic E-state index is 11.7. The molecule has 0 saturated carbocycles. The Bertz CT molecular complexity index is 366. The van der Waals surface area contributed by atoms with E-state index in [9.17, 15) is 14.4 Å². The zero-order chi connectivity index (χ0) is 15.4. The predicted molar refractivity (Wildman–Crippen MR) is 70.9 cm³/mol. The molecule has 0 saturated heterocycles. The number of nitrogens with one attached hydrogen (secondary N) is 1. The minimum Gasteiger partial charge on any atom is -0.461 e. The molecule has 0 rings (SSSR count). The molecule has 0 bridgehead atoms. The van der Waals surface area contributed by atoms with Crippen LogP contribution >= 0.6 is 0 Å². The summed E-state index contributed by atoms with van der Waals surface area (Å²) in [5.74, 6) is -1.18. The van der Waals surface area contributed by atoms with Gasteiger partial charge in [-0.15, -0.1) is 0 Å². The highest BCUT2D eigenvalue weighted by Gasteiger charge is 2.23. The molecule has 1 amide bonds. The third-order valence-corrected chi connectivity index (χ3v) is 2.10. The van der Waals surface area contributed by atoms with Crippen LogP contribution in [0.5, 0.6) is 0 Å². The van der Waals surface area contributed by atoms with Gasteiger partial charge in [0.1, 0.15) is 19.3 Å². The van der Waals surface area contributed by atoms with Gasteiger partial charge in [-0.25, -0.2) is 9.59 Å². The maximum absolute atomic E-state index is 11.7. The van der Waals surface area contributed by atoms with Gasteiger partial charge in [-0.2, -0.15) is 0 Å². The molecular weight excluding hydrogens is 266 g/mol. The Kier molecular flexibility index (Phi) is 9.37. The zero-order valence-corrected chi connectivity index (χ0v) is 11.4. The Morgan fingerprint density at radius 1 is 1.15 bits per heavy atom. The van der Waals surface area contributed by atoms with Crippen LogP contribution in [0, 0.1) is 0 Å². The van der Waals surface area contributed by atoms with E-state index in [1.165, 1.54) is 19.3 Å². The molecule has 20 heavy (non-hydrogen) atoms. The third kappa shape index (κ3) is 7.91. The predicted octanol–water partition coefficient (Wildman–Crippen LogP) is 0.950. The topological polar surface area (TPSA) is 90.9 Å². The Morgan fingerprint density at radius 3 is 2.30 bits per heavy atom. The van der Waals surface area contributed by atoms with Crippen molar-refractivity contribution in [2.75, 3.05) is 20.3 Å². The van der Waals surface area contributed by atoms with E-state index in [4.69, 9.17) is 9.47 Å². The van der Waals surface area contributed by atoms with Gasteiger partial charge < -0.3 is 19.5 Å². The number of alkyl carbamates (subject to hydrolysis) is 1. The molecule has 0 aromatic carbocycles. The summed E-state index contributed by atoms with van der Waals surface area (Å²) in [5.41, 5.74) is 0. The van der Waals surface area contributed by atoms with Crippen molar-refractivity contribution in [3.63, 3.8) is 0 Å². The molecule has 0 radical (unpaired) electrons. The molecule has 0 heterocycles. The van der Waals surface area contributed by atoms with Crippen molar-refractivity contribution in [2.45, 2.75) is 18.9 Å². The molecular formula is C13H19NO6. The van der Waals surface area contributed by atoms with E-state index in [1.807, 2.05) is 0 Å². The molecule has 0 fully saturated rings. The molecule has 0 aliphatic carbocycles. The highest BCUT2D eigenvalue weighted by molar-refractivity contribution is 5.82. The lowest BCUT2D eigenvalue weighted by atomic mass is 10.1. The van der Waals surface area contributed by atoms with Gasteiger partial charge in [0.05, 0.1) is 7.11 Å². The molecule has 0 spiro atoms. The van der Waals surface area contributed by atoms with Crippen molar-refractivity contribution in [1.82, 2.24) is 5.32 Å². The average molecular weight is 285 g/mol. The van der Waals surface area contributed by atoms with Crippen LogP contribution in [0.2, 0.25) is 0 Å². The summed E-state index contributed by atoms with van der Waals surface area (Å²) in [6.45, 7) is 6.92. The Morgan fingerprint density at radius 2 is 1.75 bits per heavy atom. The van der Waals surface area contributed by atoms with Gasteiger partial charge in [0.15, 0.2) is 0 Å². The zero-order valence-electron chi connectivity index (χ0n) is 11.4. The average Bonchev–Trinajstić information content (AvgIpc) is 2.46. The van der Waals surface area contributed by atoms with Crippen LogP contribution < -0.4 is 5.32 Å². The largest absolute Gasteiger partial charge is 0.461 e. The Labute approximate surface area is 117 Å². The number of hydrogen-bond donors (Lipinski definition) is 1. The van der Waals surface area contributed by atoms with Crippen molar-refractivity contribution in [3.8, 4) is 0 Å². The van der Waals surface area contributed by atoms with Crippen molar-refractivity contribution < 1.29 is 28.6 Å². The number of methoxy groups -OCH3 is 1. The quantitative estimate of drug-likeness (QED) is 0.385. The van der Waals surface area contributed by atoms with E-state index in [0.29, 0.717) is 0 Å². The minimum atomic E-state index is -0.987. The molecule has 0 aliphatic rings. The van der Waals surface area contributed by atoms with Crippen LogP contribution in [0.3, 0.4) is 0 Å². The monoisotopic (exact) mass is 285 g/mol. The van der Waals surface area contributed by atoms with Gasteiger partial charge in [-0.1, -0.05) is 25.3 Å². The summed E-state index contributed by atoms with van der Waals surface area (Å²) >= 11 is 0. The molecule has 7 heteroatoms. The first-order chi connectivity index (χ1) is 9.54. The second-order valence-electron chi connectivity index (χ2n) is 3.62. The fourth-order valence-corrected chi connectivity index (χ4v) is 1.18. The van der Waals surface area contributed by atoms with E-state index in [2.05, 4.69) is 23.2 Å². The molecule has 1 atom stereocenters. The van der Waals surface area contributed by atoms with Crippen molar-refractivity contribution in [1.29, 1.82) is 0 Å². The summed E-state index contributed by atoms with van der Waals surface area (Å²) in [7, 11) is 1.17. The van der Waals surface area contributed by atoms with E-state index >= 15 is 0 Å². The van der Waals surface area contributed by atoms with E-state index in [0.717, 1.165) is 0 Å². The van der Waals surface area contributed by atoms with Crippen LogP contribution in [-0.2, 0) is 23.8 Å². The van der Waals surface area contributed by atoms with Crippen LogP contribution in [0.25, 0.3) is 0 Å². The number of ether oxygens (including phenoxy) is 3. The van der Waals surface area contributed by atoms with Crippen LogP contribution in [-0.4, -0.2) is 44.4 Å². The fourth-order valence-electron chi connectivity index (χ4n) is 1.18. The summed E-state index contributed by atoms with van der Waals surface area (Å²) < 4.78 is 14.0. The van der Waals surface area contributed by atoms with Crippen molar-refractivity contribution in [3.05, 3.63) is 25.3 Å². The van der Waals surface area contributed by atoms with Gasteiger partial charge in [0, 0.05) is 6.42 Å². The van der Waals surface area contributed by atoms with E-state index in [-0.39, 0.29) is 26.1 Å². The fraction of sp³-hybridized carbons (Fsp3) is 0.462. The molecule has 0 aliphatic heterocycles. The van der Waals surface area contributed by atoms with Gasteiger partial charge in [0.25, 0.3) is 0 Å². The molecule has 0 unspecified atom stereocenters. The second kappa shape index (κ2) is 10.6. The highest BCUT2D eigenvalue weighted by atomic mass is 16.5. The smallest absolute Gasteiger partial charge is 0.407 e. The molecule has 0 aromatic rings. The van der Waals surface area contributed by atoms with E-state index < -0.39 is 24.1 Å². The third-order valence-electron chi connectivity index (χ3n) is 2.10. The number of carbonyl (C=O) groups excluding carboxylic acids is 3. The number of amides is 1. The highest BCUT2D eigenvalue weighted by Crippen LogP contribution is 2.03. The first kappa shape index (κ1) is 17.7. The number of hydrogen-bond acceptors (Lipinski definition) is 6. The van der Waals surface area contributed by atoms with Gasteiger partial charge >= 0.3 is 18.0 Å². The molecule has 112 valence electrons. The van der Waals surface area contributed by atoms with Crippen molar-refractivity contribution >= 4 is 18.0 Å². The van der Waals surface area contributed by atoms with Crippen LogP contribution in [0.15, 0.2) is 25.3 Å². The summed E-state index contributed by atoms with van der Waals surface area (Å²) in [4.78, 5) is 34.1. The number of carbonyl (C=O) groups is 3. The maximum Gasteiger partial charge on any atom is 0.407 e. The molecule has 7 nitrogen and oxygen atoms in total. The normalized spacial score (nSPS) is 10.8. The molecule has 1 N–H and O–H groups in total. The standard InChI is InChI=1S/C13H19NO6/c1-4-8-19-11(15)7-6-10(14-13(17)18-3)12(16)20-9-5-2/h4-5,10H,1-2,6-9H2,3H3,(H,14,17)/t10-/m0/s1. The number of rotatable bonds is 9. The lowest BCUT2D eigenvalue weighted by Gasteiger charge is -2.16. The summed E-state index contributed by atoms with van der Waals surface area (Å²) in [5, 5.41) is 2.29.